The van der Waals surface area contributed by atoms with Crippen LogP contribution in [0.25, 0.3) is 0 Å². The average molecular weight is 203 g/mol. The van der Waals surface area contributed by atoms with E-state index in [0.29, 0.717) is 10.7 Å². The molecule has 3 nitrogen and oxygen atoms in total. The van der Waals surface area contributed by atoms with Gasteiger partial charge in [0.05, 0.1) is 0 Å². The number of aromatic nitrogens is 1. The zero-order valence-electron chi connectivity index (χ0n) is 7.23. The number of anilines is 1. The van der Waals surface area contributed by atoms with Crippen LogP contribution >= 0.6 is 11.3 Å². The second kappa shape index (κ2) is 4.02. The first kappa shape index (κ1) is 8.90. The Bertz CT molecular complexity index is 411. The third kappa shape index (κ3) is 1.97. The fourth-order valence-electron chi connectivity index (χ4n) is 0.982. The normalized spacial score (nSPS) is 9.71. The number of amides is 1. The molecule has 1 radical (unpaired) electrons. The van der Waals surface area contributed by atoms with E-state index in [0.717, 1.165) is 0 Å². The van der Waals surface area contributed by atoms with E-state index < -0.39 is 0 Å². The maximum absolute atomic E-state index is 11.5. The van der Waals surface area contributed by atoms with Gasteiger partial charge < -0.3 is 5.32 Å². The number of hydrogen-bond acceptors (Lipinski definition) is 3. The molecule has 0 aliphatic rings. The van der Waals surface area contributed by atoms with Crippen molar-refractivity contribution in [2.45, 2.75) is 0 Å². The van der Waals surface area contributed by atoms with Crippen molar-refractivity contribution in [2.75, 3.05) is 5.32 Å². The standard InChI is InChI=1S/C10H7N2OS/c13-9(10-11-6-7-14-10)12-8-4-2-1-3-5-8/h1-4,6-7H,(H,12,13). The number of para-hydroxylation sites is 1. The van der Waals surface area contributed by atoms with E-state index in [1.54, 1.807) is 23.7 Å². The first-order valence-corrected chi connectivity index (χ1v) is 4.92. The lowest BCUT2D eigenvalue weighted by Crippen LogP contribution is -2.11. The molecule has 14 heavy (non-hydrogen) atoms. The molecule has 0 saturated heterocycles. The highest BCUT2D eigenvalue weighted by atomic mass is 32.1. The van der Waals surface area contributed by atoms with Gasteiger partial charge in [-0.3, -0.25) is 4.79 Å². The first-order valence-electron chi connectivity index (χ1n) is 4.04. The topological polar surface area (TPSA) is 42.0 Å². The summed E-state index contributed by atoms with van der Waals surface area (Å²) in [6.45, 7) is 0. The molecule has 0 aliphatic heterocycles. The zero-order chi connectivity index (χ0) is 9.80. The molecule has 1 heterocycles. The van der Waals surface area contributed by atoms with Crippen LogP contribution in [0.2, 0.25) is 0 Å². The Hall–Kier alpha value is -1.68. The molecule has 2 rings (SSSR count). The van der Waals surface area contributed by atoms with Crippen molar-refractivity contribution in [1.82, 2.24) is 4.98 Å². The van der Waals surface area contributed by atoms with Crippen LogP contribution < -0.4 is 5.32 Å². The number of rotatable bonds is 2. The number of thiazole rings is 1. The van der Waals surface area contributed by atoms with Gasteiger partial charge in [-0.2, -0.15) is 0 Å². The fraction of sp³-hybridized carbons (Fsp3) is 0. The van der Waals surface area contributed by atoms with Crippen LogP contribution in [-0.2, 0) is 0 Å². The van der Waals surface area contributed by atoms with E-state index >= 15 is 0 Å². The summed E-state index contributed by atoms with van der Waals surface area (Å²) in [6.07, 6.45) is 1.61. The van der Waals surface area contributed by atoms with Crippen molar-refractivity contribution < 1.29 is 4.79 Å². The predicted octanol–water partition coefficient (Wildman–Crippen LogP) is 2.20. The van der Waals surface area contributed by atoms with Crippen molar-refractivity contribution in [3.63, 3.8) is 0 Å². The van der Waals surface area contributed by atoms with Crippen molar-refractivity contribution >= 4 is 22.9 Å². The molecule has 1 amide bonds. The van der Waals surface area contributed by atoms with E-state index in [4.69, 9.17) is 0 Å². The van der Waals surface area contributed by atoms with Crippen LogP contribution in [-0.4, -0.2) is 10.9 Å². The highest BCUT2D eigenvalue weighted by Gasteiger charge is 2.07. The van der Waals surface area contributed by atoms with E-state index in [1.807, 2.05) is 12.1 Å². The minimum Gasteiger partial charge on any atom is -0.319 e. The smallest absolute Gasteiger partial charge is 0.284 e. The molecule has 0 spiro atoms. The Kier molecular flexibility index (Phi) is 2.55. The van der Waals surface area contributed by atoms with E-state index in [2.05, 4.69) is 16.4 Å². The highest BCUT2D eigenvalue weighted by molar-refractivity contribution is 7.11. The zero-order valence-corrected chi connectivity index (χ0v) is 8.04. The number of nitrogens with one attached hydrogen (secondary N) is 1. The number of benzene rings is 1. The number of hydrogen-bond donors (Lipinski definition) is 1. The monoisotopic (exact) mass is 203 g/mol. The lowest BCUT2D eigenvalue weighted by molar-refractivity contribution is 0.102. The van der Waals surface area contributed by atoms with Crippen LogP contribution in [0.15, 0.2) is 35.8 Å². The summed E-state index contributed by atoms with van der Waals surface area (Å²) in [6, 6.07) is 10.1. The lowest BCUT2D eigenvalue weighted by Gasteiger charge is -2.00. The number of carbonyl (C=O) groups excluding carboxylic acids is 1. The molecular weight excluding hydrogens is 196 g/mol. The van der Waals surface area contributed by atoms with Crippen LogP contribution in [0, 0.1) is 6.07 Å². The van der Waals surface area contributed by atoms with Gasteiger partial charge in [-0.15, -0.1) is 11.3 Å². The number of nitrogens with zero attached hydrogens (tertiary/aromatic N) is 1. The molecule has 0 fully saturated rings. The molecule has 1 aromatic heterocycles. The molecule has 69 valence electrons. The molecule has 0 aliphatic carbocycles. The summed E-state index contributed by atoms with van der Waals surface area (Å²) in [5, 5.41) is 4.93. The van der Waals surface area contributed by atoms with Crippen LogP contribution in [0.5, 0.6) is 0 Å². The second-order valence-electron chi connectivity index (χ2n) is 2.57. The molecule has 2 aromatic rings. The van der Waals surface area contributed by atoms with Gasteiger partial charge >= 0.3 is 0 Å². The summed E-state index contributed by atoms with van der Waals surface area (Å²) in [5.74, 6) is -0.192. The quantitative estimate of drug-likeness (QED) is 0.813. The van der Waals surface area contributed by atoms with Crippen molar-refractivity contribution in [2.24, 2.45) is 0 Å². The first-order chi connectivity index (χ1) is 6.86. The van der Waals surface area contributed by atoms with E-state index in [9.17, 15) is 4.79 Å². The molecule has 1 N–H and O–H groups in total. The highest BCUT2D eigenvalue weighted by Crippen LogP contribution is 2.09. The van der Waals surface area contributed by atoms with Crippen LogP contribution in [0.4, 0.5) is 5.69 Å². The molecular formula is C10H7N2OS. The third-order valence-electron chi connectivity index (χ3n) is 1.58. The molecule has 0 unspecified atom stereocenters. The van der Waals surface area contributed by atoms with Gasteiger partial charge in [-0.25, -0.2) is 4.98 Å². The van der Waals surface area contributed by atoms with Gasteiger partial charge in [-0.05, 0) is 6.07 Å². The van der Waals surface area contributed by atoms with Gasteiger partial charge in [0.15, 0.2) is 5.01 Å². The van der Waals surface area contributed by atoms with E-state index in [-0.39, 0.29) is 5.91 Å². The largest absolute Gasteiger partial charge is 0.319 e. The average Bonchev–Trinajstić information content (AvgIpc) is 2.72. The second-order valence-corrected chi connectivity index (χ2v) is 3.46. The summed E-state index contributed by atoms with van der Waals surface area (Å²) in [7, 11) is 0. The van der Waals surface area contributed by atoms with Gasteiger partial charge in [0.25, 0.3) is 5.91 Å². The summed E-state index contributed by atoms with van der Waals surface area (Å²) >= 11 is 1.31. The molecule has 0 bridgehead atoms. The Morgan fingerprint density at radius 2 is 2.43 bits per heavy atom. The molecule has 4 heteroatoms. The van der Waals surface area contributed by atoms with Gasteiger partial charge in [0, 0.05) is 23.3 Å². The third-order valence-corrected chi connectivity index (χ3v) is 2.36. The Morgan fingerprint density at radius 3 is 3.07 bits per heavy atom. The summed E-state index contributed by atoms with van der Waals surface area (Å²) in [4.78, 5) is 15.4. The SMILES string of the molecule is O=C(Nc1[c]cccc1)c1nccs1. The van der Waals surface area contributed by atoms with Gasteiger partial charge in [-0.1, -0.05) is 18.2 Å². The summed E-state index contributed by atoms with van der Waals surface area (Å²) < 4.78 is 0. The molecule has 0 atom stereocenters. The molecule has 1 aromatic carbocycles. The predicted molar refractivity (Wildman–Crippen MR) is 55.3 cm³/mol. The summed E-state index contributed by atoms with van der Waals surface area (Å²) in [5.41, 5.74) is 0.660. The maximum atomic E-state index is 11.5. The maximum Gasteiger partial charge on any atom is 0.284 e. The Labute approximate surface area is 85.4 Å². The number of carbonyl (C=O) groups is 1. The Balaban J connectivity index is 2.10. The van der Waals surface area contributed by atoms with Crippen molar-refractivity contribution in [3.8, 4) is 0 Å². The lowest BCUT2D eigenvalue weighted by atomic mass is 10.3. The minimum atomic E-state index is -0.192. The molecule has 0 saturated carbocycles. The fourth-order valence-corrected chi connectivity index (χ4v) is 1.51. The minimum absolute atomic E-state index is 0.192. The van der Waals surface area contributed by atoms with Crippen molar-refractivity contribution in [3.05, 3.63) is 46.9 Å². The van der Waals surface area contributed by atoms with E-state index in [1.165, 1.54) is 11.3 Å². The van der Waals surface area contributed by atoms with Crippen LogP contribution in [0.3, 0.4) is 0 Å². The Morgan fingerprint density at radius 1 is 1.50 bits per heavy atom. The van der Waals surface area contributed by atoms with Gasteiger partial charge in [0.2, 0.25) is 0 Å². The van der Waals surface area contributed by atoms with Gasteiger partial charge in [0.1, 0.15) is 0 Å². The van der Waals surface area contributed by atoms with Crippen molar-refractivity contribution in [1.29, 1.82) is 0 Å². The van der Waals surface area contributed by atoms with Crippen LogP contribution in [0.1, 0.15) is 9.80 Å².